The van der Waals surface area contributed by atoms with Crippen LogP contribution in [0.4, 0.5) is 0 Å². The van der Waals surface area contributed by atoms with E-state index in [-0.39, 0.29) is 0 Å². The lowest BCUT2D eigenvalue weighted by Gasteiger charge is -2.44. The van der Waals surface area contributed by atoms with Crippen molar-refractivity contribution in [3.63, 3.8) is 0 Å². The average molecular weight is 458 g/mol. The van der Waals surface area contributed by atoms with E-state index in [1.165, 1.54) is 0 Å². The number of hydrogen-bond acceptors (Lipinski definition) is 4. The van der Waals surface area contributed by atoms with Crippen LogP contribution in [0, 0.1) is 0 Å². The molecule has 160 valence electrons. The maximum absolute atomic E-state index is 8.63. The Labute approximate surface area is 176 Å². The molecule has 6 nitrogen and oxygen atoms in total. The van der Waals surface area contributed by atoms with Crippen LogP contribution in [0.25, 0.3) is 10.4 Å². The molecule has 0 spiro atoms. The van der Waals surface area contributed by atoms with Crippen LogP contribution in [-0.4, -0.2) is 40.3 Å². The van der Waals surface area contributed by atoms with Crippen LogP contribution in [0.15, 0.2) is 43.1 Å². The average Bonchev–Trinajstić information content (AvgIpc) is 2.49. The van der Waals surface area contributed by atoms with Gasteiger partial charge in [-0.25, -0.2) is 0 Å². The smallest absolute Gasteiger partial charge is 0.416 e. The van der Waals surface area contributed by atoms with Crippen molar-refractivity contribution in [1.29, 1.82) is 0 Å². The van der Waals surface area contributed by atoms with Crippen molar-refractivity contribution in [1.82, 2.24) is 0 Å². The molecule has 0 unspecified atom stereocenters. The molecule has 0 saturated carbocycles. The molecule has 0 saturated heterocycles. The van der Waals surface area contributed by atoms with Crippen molar-refractivity contribution in [2.75, 3.05) is 6.54 Å². The minimum atomic E-state index is -3.00. The van der Waals surface area contributed by atoms with E-state index in [2.05, 4.69) is 69.0 Å². The molecular weight excluding hydrogens is 419 g/mol. The van der Waals surface area contributed by atoms with Gasteiger partial charge in [0.25, 0.3) is 0 Å². The molecule has 0 aliphatic rings. The third kappa shape index (κ3) is 11.3. The SMILES string of the molecule is C=CC[Si](C)(C)O[Si](CCCN=[N+]=[N-])(O[Si](C)(C)CC=C)O[Si](C)(C)CC=C. The Balaban J connectivity index is 6.03. The van der Waals surface area contributed by atoms with Crippen molar-refractivity contribution in [3.8, 4) is 0 Å². The lowest BCUT2D eigenvalue weighted by Crippen LogP contribution is -2.61. The Bertz CT molecular complexity index is 517. The normalized spacial score (nSPS) is 12.9. The molecule has 10 heteroatoms. The number of rotatable bonds is 16. The zero-order chi connectivity index (χ0) is 21.9. The van der Waals surface area contributed by atoms with Crippen LogP contribution in [0.5, 0.6) is 0 Å². The van der Waals surface area contributed by atoms with Crippen molar-refractivity contribution >= 4 is 33.8 Å². The van der Waals surface area contributed by atoms with Gasteiger partial charge in [-0.05, 0) is 69.4 Å². The van der Waals surface area contributed by atoms with Gasteiger partial charge >= 0.3 is 8.80 Å². The van der Waals surface area contributed by atoms with Gasteiger partial charge in [0.1, 0.15) is 0 Å². The van der Waals surface area contributed by atoms with E-state index >= 15 is 0 Å². The van der Waals surface area contributed by atoms with E-state index in [1.54, 1.807) is 0 Å². The van der Waals surface area contributed by atoms with Crippen molar-refractivity contribution in [2.24, 2.45) is 5.11 Å². The van der Waals surface area contributed by atoms with Gasteiger partial charge in [-0.2, -0.15) is 0 Å². The summed E-state index contributed by atoms with van der Waals surface area (Å²) in [6.07, 6.45) is 6.45. The van der Waals surface area contributed by atoms with E-state index in [0.29, 0.717) is 19.0 Å². The summed E-state index contributed by atoms with van der Waals surface area (Å²) in [5.41, 5.74) is 8.63. The molecule has 0 aliphatic heterocycles. The lowest BCUT2D eigenvalue weighted by molar-refractivity contribution is 0.248. The highest BCUT2D eigenvalue weighted by Gasteiger charge is 2.51. The predicted octanol–water partition coefficient (Wildman–Crippen LogP) is 6.85. The molecule has 0 radical (unpaired) electrons. The van der Waals surface area contributed by atoms with Gasteiger partial charge in [0.2, 0.25) is 0 Å². The highest BCUT2D eigenvalue weighted by atomic mass is 28.5. The molecule has 0 aromatic carbocycles. The van der Waals surface area contributed by atoms with E-state index in [9.17, 15) is 0 Å². The second-order valence-electron chi connectivity index (χ2n) is 8.80. The third-order valence-electron chi connectivity index (χ3n) is 4.01. The van der Waals surface area contributed by atoms with Gasteiger partial charge in [-0.15, -0.1) is 19.7 Å². The fourth-order valence-corrected chi connectivity index (χ4v) is 19.7. The summed E-state index contributed by atoms with van der Waals surface area (Å²) in [6, 6.07) is 3.15. The molecule has 0 aliphatic carbocycles. The molecule has 0 aromatic heterocycles. The van der Waals surface area contributed by atoms with Crippen LogP contribution >= 0.6 is 0 Å². The Morgan fingerprint density at radius 2 is 1.14 bits per heavy atom. The Hall–Kier alpha value is -0.722. The summed E-state index contributed by atoms with van der Waals surface area (Å²) >= 11 is 0. The summed E-state index contributed by atoms with van der Waals surface area (Å²) in [5, 5.41) is 3.69. The summed E-state index contributed by atoms with van der Waals surface area (Å²) in [6.45, 7) is 25.2. The van der Waals surface area contributed by atoms with Gasteiger partial charge in [-0.3, -0.25) is 0 Å². The highest BCUT2D eigenvalue weighted by Crippen LogP contribution is 2.33. The van der Waals surface area contributed by atoms with Crippen molar-refractivity contribution in [3.05, 3.63) is 48.4 Å². The summed E-state index contributed by atoms with van der Waals surface area (Å²) in [5.74, 6) is 0. The van der Waals surface area contributed by atoms with Crippen LogP contribution in [0.2, 0.25) is 63.5 Å². The fraction of sp³-hybridized carbons (Fsp3) is 0.667. The molecule has 0 amide bonds. The molecule has 28 heavy (non-hydrogen) atoms. The van der Waals surface area contributed by atoms with Crippen LogP contribution in [0.1, 0.15) is 6.42 Å². The first kappa shape index (κ1) is 27.3. The first-order valence-corrected chi connectivity index (χ1v) is 21.1. The quantitative estimate of drug-likeness (QED) is 0.0635. The molecule has 0 aromatic rings. The summed E-state index contributed by atoms with van der Waals surface area (Å²) in [4.78, 5) is 2.87. The molecular formula is C18H39N3O3Si4. The monoisotopic (exact) mass is 457 g/mol. The largest absolute Gasteiger partial charge is 0.469 e. The van der Waals surface area contributed by atoms with Crippen LogP contribution in [0.3, 0.4) is 0 Å². The lowest BCUT2D eigenvalue weighted by atomic mass is 10.5. The Morgan fingerprint density at radius 1 is 0.786 bits per heavy atom. The van der Waals surface area contributed by atoms with E-state index in [4.69, 9.17) is 17.9 Å². The Morgan fingerprint density at radius 3 is 1.43 bits per heavy atom. The third-order valence-corrected chi connectivity index (χ3v) is 19.2. The number of nitrogens with zero attached hydrogens (tertiary/aromatic N) is 3. The zero-order valence-corrected chi connectivity index (χ0v) is 22.7. The van der Waals surface area contributed by atoms with Crippen molar-refractivity contribution < 1.29 is 12.3 Å². The highest BCUT2D eigenvalue weighted by molar-refractivity contribution is 6.91. The number of hydrogen-bond donors (Lipinski definition) is 0. The topological polar surface area (TPSA) is 76.5 Å². The molecule has 0 rings (SSSR count). The molecule has 0 heterocycles. The minimum Gasteiger partial charge on any atom is -0.416 e. The standard InChI is InChI=1S/C18H39N3O3Si4/c1-10-15-25(4,5)22-28(18-13-14-20-21-19,23-26(6,7)16-11-2)24-27(8,9)17-12-3/h10-12H,1-3,13-18H2,4-9H3. The van der Waals surface area contributed by atoms with E-state index in [0.717, 1.165) is 18.1 Å². The molecule has 0 fully saturated rings. The molecule has 0 N–H and O–H groups in total. The van der Waals surface area contributed by atoms with Gasteiger partial charge in [0, 0.05) is 17.5 Å². The second kappa shape index (κ2) is 12.1. The maximum Gasteiger partial charge on any atom is 0.469 e. The van der Waals surface area contributed by atoms with Gasteiger partial charge in [0.15, 0.2) is 25.0 Å². The van der Waals surface area contributed by atoms with Crippen LogP contribution in [-0.2, 0) is 12.3 Å². The first-order valence-electron chi connectivity index (χ1n) is 9.80. The van der Waals surface area contributed by atoms with E-state index in [1.807, 2.05) is 18.2 Å². The molecule has 0 bridgehead atoms. The van der Waals surface area contributed by atoms with Gasteiger partial charge < -0.3 is 12.3 Å². The summed E-state index contributed by atoms with van der Waals surface area (Å²) < 4.78 is 20.5. The van der Waals surface area contributed by atoms with E-state index < -0.39 is 33.8 Å². The van der Waals surface area contributed by atoms with Crippen LogP contribution < -0.4 is 0 Å². The predicted molar refractivity (Wildman–Crippen MR) is 130 cm³/mol. The second-order valence-corrected chi connectivity index (χ2v) is 24.9. The Kier molecular flexibility index (Phi) is 11.8. The number of allylic oxidation sites excluding steroid dienone is 3. The van der Waals surface area contributed by atoms with Gasteiger partial charge in [0.05, 0.1) is 0 Å². The molecule has 0 atom stereocenters. The van der Waals surface area contributed by atoms with Gasteiger partial charge in [-0.1, -0.05) is 23.3 Å². The zero-order valence-electron chi connectivity index (χ0n) is 18.7. The maximum atomic E-state index is 8.63. The first-order chi connectivity index (χ1) is 12.9. The van der Waals surface area contributed by atoms with Crippen molar-refractivity contribution in [2.45, 2.75) is 69.9 Å². The summed E-state index contributed by atoms with van der Waals surface area (Å²) in [7, 11) is -9.21. The number of azide groups is 1. The minimum absolute atomic E-state index is 0.414. The fourth-order valence-electron chi connectivity index (χ4n) is 3.06.